The van der Waals surface area contributed by atoms with Gasteiger partial charge >= 0.3 is 0 Å². The molecule has 0 spiro atoms. The summed E-state index contributed by atoms with van der Waals surface area (Å²) in [6.45, 7) is 1.37. The summed E-state index contributed by atoms with van der Waals surface area (Å²) in [5.74, 6) is 0.661. The van der Waals surface area contributed by atoms with Gasteiger partial charge in [0.1, 0.15) is 5.82 Å². The summed E-state index contributed by atoms with van der Waals surface area (Å²) in [5.41, 5.74) is 1.87. The number of hydrogen-bond acceptors (Lipinski definition) is 4. The van der Waals surface area contributed by atoms with Crippen molar-refractivity contribution in [1.82, 2.24) is 20.3 Å². The van der Waals surface area contributed by atoms with Gasteiger partial charge < -0.3 is 10.3 Å². The Kier molecular flexibility index (Phi) is 4.02. The second-order valence-electron chi connectivity index (χ2n) is 4.81. The van der Waals surface area contributed by atoms with Gasteiger partial charge in [-0.3, -0.25) is 9.78 Å². The molecule has 0 atom stereocenters. The first-order valence-electron chi connectivity index (χ1n) is 6.90. The number of nitrogens with zero attached hydrogens (tertiary/aromatic N) is 2. The van der Waals surface area contributed by atoms with Crippen LogP contribution in [-0.2, 0) is 13.0 Å². The molecule has 21 heavy (non-hydrogen) atoms. The molecular weight excluding hydrogens is 264 g/mol. The molecule has 0 radical (unpaired) electrons. The first-order chi connectivity index (χ1) is 10.3. The molecule has 0 fully saturated rings. The molecule has 2 N–H and O–H groups in total. The monoisotopic (exact) mass is 280 g/mol. The zero-order valence-corrected chi connectivity index (χ0v) is 11.5. The van der Waals surface area contributed by atoms with Gasteiger partial charge in [-0.15, -0.1) is 0 Å². The highest BCUT2D eigenvalue weighted by Gasteiger charge is 2.02. The van der Waals surface area contributed by atoms with Gasteiger partial charge in [0.05, 0.1) is 17.4 Å². The number of pyridine rings is 1. The fourth-order valence-electron chi connectivity index (χ4n) is 2.21. The van der Waals surface area contributed by atoms with E-state index < -0.39 is 0 Å². The van der Waals surface area contributed by atoms with Crippen LogP contribution < -0.4 is 10.9 Å². The Morgan fingerprint density at radius 2 is 1.90 bits per heavy atom. The number of nitrogens with one attached hydrogen (secondary N) is 2. The lowest BCUT2D eigenvalue weighted by Crippen LogP contribution is -2.21. The second kappa shape index (κ2) is 6.28. The molecular formula is C16H16N4O. The van der Waals surface area contributed by atoms with Crippen LogP contribution in [0, 0.1) is 0 Å². The number of aromatic amines is 1. The zero-order chi connectivity index (χ0) is 14.5. The number of H-pyrrole nitrogens is 1. The van der Waals surface area contributed by atoms with Crippen molar-refractivity contribution in [3.8, 4) is 0 Å². The second-order valence-corrected chi connectivity index (χ2v) is 4.81. The van der Waals surface area contributed by atoms with E-state index in [0.717, 1.165) is 18.5 Å². The molecule has 5 heteroatoms. The molecule has 0 saturated heterocycles. The number of para-hydroxylation sites is 1. The molecule has 3 aromatic rings. The molecule has 0 unspecified atom stereocenters. The Morgan fingerprint density at radius 3 is 2.76 bits per heavy atom. The molecule has 1 aromatic carbocycles. The Labute approximate surface area is 122 Å². The van der Waals surface area contributed by atoms with E-state index in [9.17, 15) is 4.79 Å². The summed E-state index contributed by atoms with van der Waals surface area (Å²) >= 11 is 0. The van der Waals surface area contributed by atoms with Crippen LogP contribution >= 0.6 is 0 Å². The quantitative estimate of drug-likeness (QED) is 0.697. The van der Waals surface area contributed by atoms with Crippen LogP contribution in [0.2, 0.25) is 0 Å². The lowest BCUT2D eigenvalue weighted by Gasteiger charge is -2.05. The third-order valence-corrected chi connectivity index (χ3v) is 3.29. The molecule has 3 rings (SSSR count). The van der Waals surface area contributed by atoms with Crippen LogP contribution in [0.1, 0.15) is 11.4 Å². The molecule has 0 aliphatic carbocycles. The first kappa shape index (κ1) is 13.5. The molecule has 0 bridgehead atoms. The van der Waals surface area contributed by atoms with Crippen molar-refractivity contribution >= 4 is 10.9 Å². The van der Waals surface area contributed by atoms with Crippen molar-refractivity contribution in [2.24, 2.45) is 0 Å². The van der Waals surface area contributed by atoms with E-state index in [1.54, 1.807) is 18.5 Å². The normalized spacial score (nSPS) is 10.9. The van der Waals surface area contributed by atoms with Gasteiger partial charge in [-0.2, -0.15) is 0 Å². The van der Waals surface area contributed by atoms with Crippen LogP contribution in [0.4, 0.5) is 0 Å². The smallest absolute Gasteiger partial charge is 0.258 e. The van der Waals surface area contributed by atoms with E-state index in [4.69, 9.17) is 0 Å². The van der Waals surface area contributed by atoms with Crippen LogP contribution in [0.3, 0.4) is 0 Å². The van der Waals surface area contributed by atoms with Gasteiger partial charge in [0.15, 0.2) is 0 Å². The summed E-state index contributed by atoms with van der Waals surface area (Å²) in [6.07, 6.45) is 4.50. The van der Waals surface area contributed by atoms with E-state index >= 15 is 0 Å². The standard InChI is InChI=1S/C16H16N4O/c21-16-13-3-1-2-4-14(13)19-15(20-16)11-18-10-7-12-5-8-17-9-6-12/h1-6,8-9,18H,7,10-11H2,(H,19,20,21). The number of hydrogen-bond donors (Lipinski definition) is 2. The molecule has 0 aliphatic heterocycles. The van der Waals surface area contributed by atoms with Crippen molar-refractivity contribution in [3.05, 3.63) is 70.5 Å². The highest BCUT2D eigenvalue weighted by atomic mass is 16.1. The lowest BCUT2D eigenvalue weighted by atomic mass is 10.2. The highest BCUT2D eigenvalue weighted by molar-refractivity contribution is 5.77. The topological polar surface area (TPSA) is 70.7 Å². The lowest BCUT2D eigenvalue weighted by molar-refractivity contribution is 0.659. The van der Waals surface area contributed by atoms with Gasteiger partial charge in [0.2, 0.25) is 0 Å². The number of benzene rings is 1. The van der Waals surface area contributed by atoms with Crippen molar-refractivity contribution in [1.29, 1.82) is 0 Å². The predicted molar refractivity (Wildman–Crippen MR) is 82.0 cm³/mol. The Morgan fingerprint density at radius 1 is 1.10 bits per heavy atom. The Hall–Kier alpha value is -2.53. The molecule has 0 amide bonds. The number of rotatable bonds is 5. The van der Waals surface area contributed by atoms with Crippen LogP contribution in [0.15, 0.2) is 53.6 Å². The zero-order valence-electron chi connectivity index (χ0n) is 11.5. The maximum absolute atomic E-state index is 11.9. The molecule has 106 valence electrons. The predicted octanol–water partition coefficient (Wildman–Crippen LogP) is 1.65. The number of fused-ring (bicyclic) bond motifs is 1. The van der Waals surface area contributed by atoms with E-state index in [1.165, 1.54) is 5.56 Å². The van der Waals surface area contributed by atoms with Crippen LogP contribution in [0.25, 0.3) is 10.9 Å². The van der Waals surface area contributed by atoms with Crippen molar-refractivity contribution in [2.45, 2.75) is 13.0 Å². The van der Waals surface area contributed by atoms with Gasteiger partial charge in [-0.1, -0.05) is 12.1 Å². The van der Waals surface area contributed by atoms with Gasteiger partial charge in [0.25, 0.3) is 5.56 Å². The molecule has 0 aliphatic rings. The third kappa shape index (κ3) is 3.32. The van der Waals surface area contributed by atoms with Gasteiger partial charge in [-0.05, 0) is 42.8 Å². The van der Waals surface area contributed by atoms with Crippen LogP contribution in [-0.4, -0.2) is 21.5 Å². The fraction of sp³-hybridized carbons (Fsp3) is 0.188. The van der Waals surface area contributed by atoms with Gasteiger partial charge in [0, 0.05) is 12.4 Å². The van der Waals surface area contributed by atoms with E-state index in [-0.39, 0.29) is 5.56 Å². The van der Waals surface area contributed by atoms with E-state index in [2.05, 4.69) is 20.3 Å². The van der Waals surface area contributed by atoms with E-state index in [0.29, 0.717) is 17.8 Å². The molecule has 5 nitrogen and oxygen atoms in total. The average molecular weight is 280 g/mol. The summed E-state index contributed by atoms with van der Waals surface area (Å²) in [4.78, 5) is 23.2. The minimum Gasteiger partial charge on any atom is -0.310 e. The van der Waals surface area contributed by atoms with Crippen molar-refractivity contribution in [3.63, 3.8) is 0 Å². The minimum atomic E-state index is -0.0912. The van der Waals surface area contributed by atoms with Crippen LogP contribution in [0.5, 0.6) is 0 Å². The largest absolute Gasteiger partial charge is 0.310 e. The molecule has 2 aromatic heterocycles. The molecule has 2 heterocycles. The summed E-state index contributed by atoms with van der Waals surface area (Å²) in [6, 6.07) is 11.4. The third-order valence-electron chi connectivity index (χ3n) is 3.29. The SMILES string of the molecule is O=c1[nH]c(CNCCc2ccncc2)nc2ccccc12. The minimum absolute atomic E-state index is 0.0912. The number of aromatic nitrogens is 3. The Bertz CT molecular complexity index is 783. The molecule has 0 saturated carbocycles. The van der Waals surface area contributed by atoms with Gasteiger partial charge in [-0.25, -0.2) is 4.98 Å². The first-order valence-corrected chi connectivity index (χ1v) is 6.90. The summed E-state index contributed by atoms with van der Waals surface area (Å²) in [7, 11) is 0. The van der Waals surface area contributed by atoms with Crippen molar-refractivity contribution < 1.29 is 0 Å². The fourth-order valence-corrected chi connectivity index (χ4v) is 2.21. The highest BCUT2D eigenvalue weighted by Crippen LogP contribution is 2.05. The average Bonchev–Trinajstić information content (AvgIpc) is 2.53. The van der Waals surface area contributed by atoms with E-state index in [1.807, 2.05) is 30.3 Å². The Balaban J connectivity index is 1.62. The summed E-state index contributed by atoms with van der Waals surface area (Å²) < 4.78 is 0. The maximum atomic E-state index is 11.9. The maximum Gasteiger partial charge on any atom is 0.258 e. The van der Waals surface area contributed by atoms with Crippen molar-refractivity contribution in [2.75, 3.05) is 6.54 Å². The summed E-state index contributed by atoms with van der Waals surface area (Å²) in [5, 5.41) is 3.91.